The normalized spacial score (nSPS) is 16.8. The van der Waals surface area contributed by atoms with Crippen LogP contribution in [0.2, 0.25) is 0 Å². The quantitative estimate of drug-likeness (QED) is 0.916. The van der Waals surface area contributed by atoms with Crippen molar-refractivity contribution in [1.82, 2.24) is 4.90 Å². The van der Waals surface area contributed by atoms with E-state index in [4.69, 9.17) is 9.47 Å². The molecular weight excluding hydrogens is 314 g/mol. The molecule has 2 rings (SSSR count). The topological polar surface area (TPSA) is 59.0 Å². The first-order valence-corrected chi connectivity index (χ1v) is 6.60. The third-order valence-corrected chi connectivity index (χ3v) is 3.63. The molecule has 1 N–H and O–H groups in total. The Bertz CT molecular complexity index is 508. The van der Waals surface area contributed by atoms with Crippen molar-refractivity contribution in [1.29, 1.82) is 0 Å². The number of benzene rings is 1. The Balaban J connectivity index is 2.33. The maximum Gasteiger partial charge on any atom is 0.258 e. The molecule has 19 heavy (non-hydrogen) atoms. The van der Waals surface area contributed by atoms with Gasteiger partial charge in [0.2, 0.25) is 0 Å². The standard InChI is InChI=1S/C13H16BrNO4/c1-13(17)6-15(7-13)12(16)9-4-8(18-2)5-10(14)11(9)19-3/h4-5,17H,6-7H2,1-3H3. The Morgan fingerprint density at radius 2 is 2.00 bits per heavy atom. The van der Waals surface area contributed by atoms with Crippen molar-refractivity contribution in [3.05, 3.63) is 22.2 Å². The van der Waals surface area contributed by atoms with E-state index >= 15 is 0 Å². The minimum atomic E-state index is -0.793. The van der Waals surface area contributed by atoms with Crippen LogP contribution in [0.25, 0.3) is 0 Å². The minimum absolute atomic E-state index is 0.178. The average Bonchev–Trinajstić information content (AvgIpc) is 2.33. The Labute approximate surface area is 120 Å². The highest BCUT2D eigenvalue weighted by Gasteiger charge is 2.40. The number of β-amino-alcohol motifs (C(OH)–C–C–N with tert-alkyl or cyclic N) is 1. The molecule has 1 amide bonds. The summed E-state index contributed by atoms with van der Waals surface area (Å²) in [4.78, 5) is 13.9. The molecule has 0 aromatic heterocycles. The Hall–Kier alpha value is -1.27. The molecule has 1 fully saturated rings. The fraction of sp³-hybridized carbons (Fsp3) is 0.462. The number of carbonyl (C=O) groups excluding carboxylic acids is 1. The number of carbonyl (C=O) groups is 1. The number of hydrogen-bond donors (Lipinski definition) is 1. The van der Waals surface area contributed by atoms with Gasteiger partial charge in [-0.3, -0.25) is 4.79 Å². The lowest BCUT2D eigenvalue weighted by Crippen LogP contribution is -2.61. The van der Waals surface area contributed by atoms with Crippen molar-refractivity contribution in [2.24, 2.45) is 0 Å². The minimum Gasteiger partial charge on any atom is -0.497 e. The number of likely N-dealkylation sites (tertiary alicyclic amines) is 1. The molecule has 1 aliphatic heterocycles. The van der Waals surface area contributed by atoms with Crippen LogP contribution in [-0.4, -0.2) is 48.8 Å². The van der Waals surface area contributed by atoms with Crippen molar-refractivity contribution >= 4 is 21.8 Å². The number of rotatable bonds is 3. The van der Waals surface area contributed by atoms with Gasteiger partial charge in [0.25, 0.3) is 5.91 Å². The molecule has 6 heteroatoms. The van der Waals surface area contributed by atoms with E-state index in [1.54, 1.807) is 24.0 Å². The van der Waals surface area contributed by atoms with Gasteiger partial charge in [-0.15, -0.1) is 0 Å². The zero-order chi connectivity index (χ0) is 14.2. The van der Waals surface area contributed by atoms with Crippen molar-refractivity contribution < 1.29 is 19.4 Å². The highest BCUT2D eigenvalue weighted by atomic mass is 79.9. The van der Waals surface area contributed by atoms with Crippen LogP contribution >= 0.6 is 15.9 Å². The van der Waals surface area contributed by atoms with Crippen LogP contribution < -0.4 is 9.47 Å². The summed E-state index contributed by atoms with van der Waals surface area (Å²) in [6.45, 7) is 2.35. The zero-order valence-corrected chi connectivity index (χ0v) is 12.7. The van der Waals surface area contributed by atoms with Gasteiger partial charge in [-0.2, -0.15) is 0 Å². The van der Waals surface area contributed by atoms with Crippen molar-refractivity contribution in [3.8, 4) is 11.5 Å². The van der Waals surface area contributed by atoms with Crippen LogP contribution in [-0.2, 0) is 0 Å². The van der Waals surface area contributed by atoms with Crippen molar-refractivity contribution in [2.75, 3.05) is 27.3 Å². The number of ether oxygens (including phenoxy) is 2. The van der Waals surface area contributed by atoms with Gasteiger partial charge in [-0.25, -0.2) is 0 Å². The van der Waals surface area contributed by atoms with E-state index in [2.05, 4.69) is 15.9 Å². The lowest BCUT2D eigenvalue weighted by molar-refractivity contribution is -0.0669. The second-order valence-electron chi connectivity index (χ2n) is 4.85. The average molecular weight is 330 g/mol. The zero-order valence-electron chi connectivity index (χ0n) is 11.1. The third-order valence-electron chi connectivity index (χ3n) is 3.04. The number of amides is 1. The molecule has 0 atom stereocenters. The number of hydrogen-bond acceptors (Lipinski definition) is 4. The van der Waals surface area contributed by atoms with Gasteiger partial charge in [-0.05, 0) is 35.0 Å². The van der Waals surface area contributed by atoms with Crippen LogP contribution in [0.3, 0.4) is 0 Å². The summed E-state index contributed by atoms with van der Waals surface area (Å²) in [5, 5.41) is 9.70. The smallest absolute Gasteiger partial charge is 0.258 e. The van der Waals surface area contributed by atoms with Crippen LogP contribution in [0.5, 0.6) is 11.5 Å². The van der Waals surface area contributed by atoms with Crippen LogP contribution in [0.1, 0.15) is 17.3 Å². The molecule has 1 saturated heterocycles. The first-order chi connectivity index (χ1) is 8.88. The maximum atomic E-state index is 12.4. The number of aliphatic hydroxyl groups is 1. The molecule has 0 radical (unpaired) electrons. The van der Waals surface area contributed by atoms with Crippen molar-refractivity contribution in [3.63, 3.8) is 0 Å². The maximum absolute atomic E-state index is 12.4. The highest BCUT2D eigenvalue weighted by Crippen LogP contribution is 2.35. The van der Waals surface area contributed by atoms with E-state index in [0.29, 0.717) is 34.6 Å². The second kappa shape index (κ2) is 5.02. The summed E-state index contributed by atoms with van der Waals surface area (Å²) in [6.07, 6.45) is 0. The lowest BCUT2D eigenvalue weighted by atomic mass is 9.95. The van der Waals surface area contributed by atoms with Crippen LogP contribution in [0.4, 0.5) is 0 Å². The van der Waals surface area contributed by atoms with E-state index in [1.807, 2.05) is 0 Å². The first-order valence-electron chi connectivity index (χ1n) is 5.81. The molecule has 0 spiro atoms. The Morgan fingerprint density at radius 3 is 2.47 bits per heavy atom. The molecule has 104 valence electrons. The molecule has 1 aromatic carbocycles. The summed E-state index contributed by atoms with van der Waals surface area (Å²) in [5.41, 5.74) is -0.372. The van der Waals surface area contributed by atoms with Gasteiger partial charge in [0.15, 0.2) is 0 Å². The van der Waals surface area contributed by atoms with Gasteiger partial charge in [-0.1, -0.05) is 0 Å². The molecule has 1 aromatic rings. The number of nitrogens with zero attached hydrogens (tertiary/aromatic N) is 1. The fourth-order valence-corrected chi connectivity index (χ4v) is 2.74. The SMILES string of the molecule is COc1cc(Br)c(OC)c(C(=O)N2CC(C)(O)C2)c1. The second-order valence-corrected chi connectivity index (χ2v) is 5.70. The predicted molar refractivity (Wildman–Crippen MR) is 73.8 cm³/mol. The predicted octanol–water partition coefficient (Wildman–Crippen LogP) is 1.67. The molecule has 0 bridgehead atoms. The molecule has 0 unspecified atom stereocenters. The first kappa shape index (κ1) is 14.1. The summed E-state index contributed by atoms with van der Waals surface area (Å²) >= 11 is 3.35. The lowest BCUT2D eigenvalue weighted by Gasteiger charge is -2.44. The summed E-state index contributed by atoms with van der Waals surface area (Å²) in [7, 11) is 3.05. The summed E-state index contributed by atoms with van der Waals surface area (Å²) in [6, 6.07) is 3.38. The van der Waals surface area contributed by atoms with Gasteiger partial charge in [0, 0.05) is 0 Å². The third kappa shape index (κ3) is 2.69. The van der Waals surface area contributed by atoms with E-state index in [0.717, 1.165) is 0 Å². The largest absolute Gasteiger partial charge is 0.497 e. The van der Waals surface area contributed by atoms with Gasteiger partial charge in [0.05, 0.1) is 42.9 Å². The molecule has 0 saturated carbocycles. The van der Waals surface area contributed by atoms with Crippen LogP contribution in [0, 0.1) is 0 Å². The molecule has 1 aliphatic rings. The molecule has 1 heterocycles. The van der Waals surface area contributed by atoms with Crippen LogP contribution in [0.15, 0.2) is 16.6 Å². The summed E-state index contributed by atoms with van der Waals surface area (Å²) in [5.74, 6) is 0.864. The highest BCUT2D eigenvalue weighted by molar-refractivity contribution is 9.10. The van der Waals surface area contributed by atoms with E-state index in [-0.39, 0.29) is 5.91 Å². The van der Waals surface area contributed by atoms with Gasteiger partial charge < -0.3 is 19.5 Å². The van der Waals surface area contributed by atoms with Crippen molar-refractivity contribution in [2.45, 2.75) is 12.5 Å². The number of halogens is 1. The molecule has 5 nitrogen and oxygen atoms in total. The van der Waals surface area contributed by atoms with Gasteiger partial charge in [0.1, 0.15) is 11.5 Å². The number of methoxy groups -OCH3 is 2. The molecular formula is C13H16BrNO4. The van der Waals surface area contributed by atoms with E-state index in [1.165, 1.54) is 14.2 Å². The Kier molecular flexibility index (Phi) is 3.73. The van der Waals surface area contributed by atoms with E-state index in [9.17, 15) is 9.90 Å². The Morgan fingerprint density at radius 1 is 1.37 bits per heavy atom. The van der Waals surface area contributed by atoms with E-state index < -0.39 is 5.60 Å². The monoisotopic (exact) mass is 329 g/mol. The summed E-state index contributed by atoms with van der Waals surface area (Å²) < 4.78 is 11.1. The fourth-order valence-electron chi connectivity index (χ4n) is 2.14. The van der Waals surface area contributed by atoms with Gasteiger partial charge >= 0.3 is 0 Å². The molecule has 0 aliphatic carbocycles.